The minimum Gasteiger partial charge on any atom is -0.389 e. The molecular formula is C17H14N2OS. The van der Waals surface area contributed by atoms with Crippen molar-refractivity contribution in [1.82, 2.24) is 4.98 Å². The van der Waals surface area contributed by atoms with Crippen LogP contribution in [0.4, 0.5) is 0 Å². The van der Waals surface area contributed by atoms with E-state index in [2.05, 4.69) is 23.2 Å². The summed E-state index contributed by atoms with van der Waals surface area (Å²) in [5.41, 5.74) is 2.51. The maximum Gasteiger partial charge on any atom is 0.0992 e. The molecule has 2 N–H and O–H groups in total. The summed E-state index contributed by atoms with van der Waals surface area (Å²) in [7, 11) is 0. The predicted octanol–water partition coefficient (Wildman–Crippen LogP) is 4.24. The molecule has 0 saturated heterocycles. The summed E-state index contributed by atoms with van der Waals surface area (Å²) in [5.74, 6) is 0. The highest BCUT2D eigenvalue weighted by Gasteiger charge is 2.11. The van der Waals surface area contributed by atoms with Crippen molar-refractivity contribution in [3.63, 3.8) is 0 Å². The molecule has 0 spiro atoms. The number of fused-ring (bicyclic) bond motifs is 1. The summed E-state index contributed by atoms with van der Waals surface area (Å²) < 4.78 is 0. The second-order valence-electron chi connectivity index (χ2n) is 4.86. The van der Waals surface area contributed by atoms with Gasteiger partial charge in [-0.15, -0.1) is 0 Å². The van der Waals surface area contributed by atoms with Crippen LogP contribution >= 0.6 is 11.8 Å². The third-order valence-corrected chi connectivity index (χ3v) is 4.33. The van der Waals surface area contributed by atoms with Crippen LogP contribution in [0.5, 0.6) is 0 Å². The van der Waals surface area contributed by atoms with Gasteiger partial charge in [-0.3, -0.25) is 0 Å². The van der Waals surface area contributed by atoms with Gasteiger partial charge in [-0.1, -0.05) is 36.0 Å². The zero-order valence-electron chi connectivity index (χ0n) is 11.5. The summed E-state index contributed by atoms with van der Waals surface area (Å²) in [5, 5.41) is 21.1. The third kappa shape index (κ3) is 2.80. The number of H-pyrrole nitrogens is 1. The Morgan fingerprint density at radius 3 is 2.71 bits per heavy atom. The number of benzene rings is 2. The van der Waals surface area contributed by atoms with E-state index in [1.54, 1.807) is 13.0 Å². The lowest BCUT2D eigenvalue weighted by molar-refractivity contribution is 0.196. The van der Waals surface area contributed by atoms with Gasteiger partial charge in [0.05, 0.1) is 22.8 Å². The number of aliphatic hydroxyl groups excluding tert-OH is 1. The van der Waals surface area contributed by atoms with Crippen LogP contribution in [0, 0.1) is 11.3 Å². The topological polar surface area (TPSA) is 59.8 Å². The van der Waals surface area contributed by atoms with E-state index in [-0.39, 0.29) is 0 Å². The molecule has 0 radical (unpaired) electrons. The Morgan fingerprint density at radius 1 is 1.19 bits per heavy atom. The molecule has 3 rings (SSSR count). The van der Waals surface area contributed by atoms with E-state index in [1.165, 1.54) is 11.8 Å². The van der Waals surface area contributed by atoms with E-state index < -0.39 is 6.10 Å². The number of hydrogen-bond acceptors (Lipinski definition) is 3. The molecular weight excluding hydrogens is 280 g/mol. The summed E-state index contributed by atoms with van der Waals surface area (Å²) in [6.07, 6.45) is -0.565. The van der Waals surface area contributed by atoms with Gasteiger partial charge >= 0.3 is 0 Å². The van der Waals surface area contributed by atoms with Crippen molar-refractivity contribution in [2.24, 2.45) is 0 Å². The van der Waals surface area contributed by atoms with E-state index in [9.17, 15) is 5.11 Å². The van der Waals surface area contributed by atoms with Crippen molar-refractivity contribution in [3.8, 4) is 6.07 Å². The number of aromatic amines is 1. The molecule has 104 valence electrons. The summed E-state index contributed by atoms with van der Waals surface area (Å²) in [6, 6.07) is 17.7. The van der Waals surface area contributed by atoms with Crippen LogP contribution in [0.25, 0.3) is 10.9 Å². The smallest absolute Gasteiger partial charge is 0.0992 e. The van der Waals surface area contributed by atoms with Crippen molar-refractivity contribution in [2.45, 2.75) is 22.9 Å². The van der Waals surface area contributed by atoms with E-state index in [0.29, 0.717) is 5.56 Å². The maximum absolute atomic E-state index is 9.88. The normalized spacial score (nSPS) is 12.2. The van der Waals surface area contributed by atoms with E-state index >= 15 is 0 Å². The molecule has 1 heterocycles. The van der Waals surface area contributed by atoms with Gasteiger partial charge in [-0.2, -0.15) is 5.26 Å². The van der Waals surface area contributed by atoms with E-state index in [4.69, 9.17) is 5.26 Å². The first-order valence-electron chi connectivity index (χ1n) is 6.65. The second kappa shape index (κ2) is 5.65. The van der Waals surface area contributed by atoms with Crippen LogP contribution in [0.15, 0.2) is 58.5 Å². The van der Waals surface area contributed by atoms with E-state index in [1.807, 2.05) is 30.3 Å². The highest BCUT2D eigenvalue weighted by molar-refractivity contribution is 7.99. The minimum atomic E-state index is -0.565. The van der Waals surface area contributed by atoms with Crippen molar-refractivity contribution in [3.05, 3.63) is 59.7 Å². The molecule has 0 saturated carbocycles. The molecule has 1 atom stereocenters. The minimum absolute atomic E-state index is 0.565. The maximum atomic E-state index is 9.88. The second-order valence-corrected chi connectivity index (χ2v) is 5.95. The molecule has 0 unspecified atom stereocenters. The van der Waals surface area contributed by atoms with Crippen molar-refractivity contribution < 1.29 is 5.11 Å². The van der Waals surface area contributed by atoms with Crippen LogP contribution in [0.3, 0.4) is 0 Å². The predicted molar refractivity (Wildman–Crippen MR) is 84.2 cm³/mol. The van der Waals surface area contributed by atoms with Gasteiger partial charge < -0.3 is 10.1 Å². The van der Waals surface area contributed by atoms with Crippen molar-refractivity contribution in [1.29, 1.82) is 5.26 Å². The zero-order chi connectivity index (χ0) is 14.8. The number of rotatable bonds is 3. The number of para-hydroxylation sites is 1. The number of nitriles is 1. The number of aromatic nitrogens is 1. The van der Waals surface area contributed by atoms with Crippen LogP contribution in [-0.2, 0) is 0 Å². The summed E-state index contributed by atoms with van der Waals surface area (Å²) in [6.45, 7) is 1.73. The Morgan fingerprint density at radius 2 is 2.00 bits per heavy atom. The molecule has 0 aliphatic rings. The molecule has 1 aromatic heterocycles. The standard InChI is InChI=1S/C17H14N2OS/c1-11(20)14-7-6-12(10-18)8-16(14)21-17-9-13-4-2-3-5-15(13)19-17/h2-9,11,19-20H,1H3/t11-/m0/s1. The van der Waals surface area contributed by atoms with Crippen LogP contribution in [0.1, 0.15) is 24.2 Å². The van der Waals surface area contributed by atoms with Gasteiger partial charge in [0.15, 0.2) is 0 Å². The summed E-state index contributed by atoms with van der Waals surface area (Å²) in [4.78, 5) is 4.24. The average molecular weight is 294 g/mol. The molecule has 0 aliphatic heterocycles. The van der Waals surface area contributed by atoms with Gasteiger partial charge in [0, 0.05) is 15.8 Å². The first-order valence-corrected chi connectivity index (χ1v) is 7.47. The highest BCUT2D eigenvalue weighted by atomic mass is 32.2. The lowest BCUT2D eigenvalue weighted by atomic mass is 10.1. The summed E-state index contributed by atoms with van der Waals surface area (Å²) >= 11 is 1.53. The Hall–Kier alpha value is -2.22. The molecule has 0 aliphatic carbocycles. The Bertz CT molecular complexity index is 797. The fraction of sp³-hybridized carbons (Fsp3) is 0.118. The first-order chi connectivity index (χ1) is 10.2. The van der Waals surface area contributed by atoms with Gasteiger partial charge in [-0.05, 0) is 36.8 Å². The Kier molecular flexibility index (Phi) is 3.70. The molecule has 2 aromatic carbocycles. The molecule has 0 fully saturated rings. The van der Waals surface area contributed by atoms with Gasteiger partial charge in [-0.25, -0.2) is 0 Å². The van der Waals surface area contributed by atoms with E-state index in [0.717, 1.165) is 26.4 Å². The van der Waals surface area contributed by atoms with Crippen molar-refractivity contribution >= 4 is 22.7 Å². The molecule has 3 aromatic rings. The SMILES string of the molecule is C[C@H](O)c1ccc(C#N)cc1Sc1cc2ccccc2[nH]1. The lowest BCUT2D eigenvalue weighted by Crippen LogP contribution is -1.94. The van der Waals surface area contributed by atoms with Gasteiger partial charge in [0.2, 0.25) is 0 Å². The Labute approximate surface area is 127 Å². The Balaban J connectivity index is 2.01. The third-order valence-electron chi connectivity index (χ3n) is 3.32. The number of hydrogen-bond donors (Lipinski definition) is 2. The largest absolute Gasteiger partial charge is 0.389 e. The van der Waals surface area contributed by atoms with Crippen LogP contribution < -0.4 is 0 Å². The van der Waals surface area contributed by atoms with Crippen molar-refractivity contribution in [2.75, 3.05) is 0 Å². The first kappa shape index (κ1) is 13.7. The molecule has 3 nitrogen and oxygen atoms in total. The van der Waals surface area contributed by atoms with Crippen LogP contribution in [0.2, 0.25) is 0 Å². The quantitative estimate of drug-likeness (QED) is 0.759. The fourth-order valence-corrected chi connectivity index (χ4v) is 3.38. The van der Waals surface area contributed by atoms with Crippen LogP contribution in [-0.4, -0.2) is 10.1 Å². The lowest BCUT2D eigenvalue weighted by Gasteiger charge is -2.11. The zero-order valence-corrected chi connectivity index (χ0v) is 12.3. The average Bonchev–Trinajstić information content (AvgIpc) is 2.89. The monoisotopic (exact) mass is 294 g/mol. The number of aliphatic hydroxyl groups is 1. The fourth-order valence-electron chi connectivity index (χ4n) is 2.26. The molecule has 0 bridgehead atoms. The van der Waals surface area contributed by atoms with Gasteiger partial charge in [0.1, 0.15) is 0 Å². The number of nitrogens with zero attached hydrogens (tertiary/aromatic N) is 1. The molecule has 0 amide bonds. The molecule has 4 heteroatoms. The highest BCUT2D eigenvalue weighted by Crippen LogP contribution is 2.35. The van der Waals surface area contributed by atoms with Gasteiger partial charge in [0.25, 0.3) is 0 Å². The number of nitrogens with one attached hydrogen (secondary N) is 1. The molecule has 21 heavy (non-hydrogen) atoms.